The quantitative estimate of drug-likeness (QED) is 0.251. The Morgan fingerprint density at radius 2 is 0.939 bits per heavy atom. The van der Waals surface area contributed by atoms with Crippen LogP contribution in [0.4, 0.5) is 0 Å². The number of benzene rings is 5. The number of rotatable bonds is 3. The van der Waals surface area contributed by atoms with Gasteiger partial charge in [-0.25, -0.2) is 0 Å². The largest absolute Gasteiger partial charge is 0.0622 e. The molecule has 0 unspecified atom stereocenters. The molecule has 0 amide bonds. The highest BCUT2D eigenvalue weighted by Crippen LogP contribution is 2.44. The lowest BCUT2D eigenvalue weighted by atomic mass is 9.75. The third kappa shape index (κ3) is 3.64. The molecule has 5 aromatic rings. The molecule has 0 N–H and O–H groups in total. The van der Waals surface area contributed by atoms with Crippen molar-refractivity contribution in [1.82, 2.24) is 0 Å². The summed E-state index contributed by atoms with van der Waals surface area (Å²) in [6, 6.07) is 29.6. The molecule has 0 aromatic heterocycles. The Kier molecular flexibility index (Phi) is 5.33. The summed E-state index contributed by atoms with van der Waals surface area (Å²) in [6.07, 6.45) is 0. The zero-order valence-electron chi connectivity index (χ0n) is 20.6. The van der Waals surface area contributed by atoms with Gasteiger partial charge in [-0.3, -0.25) is 0 Å². The lowest BCUT2D eigenvalue weighted by Gasteiger charge is -2.28. The molecule has 0 atom stereocenters. The number of hydrogen-bond donors (Lipinski definition) is 0. The first kappa shape index (κ1) is 21.5. The maximum absolute atomic E-state index is 2.35. The second kappa shape index (κ2) is 8.19. The van der Waals surface area contributed by atoms with Gasteiger partial charge in [0.25, 0.3) is 0 Å². The fourth-order valence-corrected chi connectivity index (χ4v) is 5.47. The average Bonchev–Trinajstić information content (AvgIpc) is 2.79. The van der Waals surface area contributed by atoms with Crippen LogP contribution in [0, 0.1) is 41.5 Å². The molecule has 33 heavy (non-hydrogen) atoms. The van der Waals surface area contributed by atoms with Gasteiger partial charge in [0.1, 0.15) is 0 Å². The fraction of sp³-hybridized carbons (Fsp3) is 0.212. The fourth-order valence-electron chi connectivity index (χ4n) is 5.47. The van der Waals surface area contributed by atoms with Crippen molar-refractivity contribution in [3.8, 4) is 0 Å². The first-order chi connectivity index (χ1) is 15.8. The number of hydrogen-bond acceptors (Lipinski definition) is 0. The van der Waals surface area contributed by atoms with E-state index in [1.807, 2.05) is 0 Å². The predicted molar refractivity (Wildman–Crippen MR) is 144 cm³/mol. The summed E-state index contributed by atoms with van der Waals surface area (Å²) in [5.41, 5.74) is 12.3. The van der Waals surface area contributed by atoms with E-state index in [1.165, 1.54) is 71.6 Å². The van der Waals surface area contributed by atoms with Gasteiger partial charge < -0.3 is 0 Å². The first-order valence-electron chi connectivity index (χ1n) is 11.9. The van der Waals surface area contributed by atoms with Gasteiger partial charge >= 0.3 is 0 Å². The maximum Gasteiger partial charge on any atom is 0.0357 e. The highest BCUT2D eigenvalue weighted by molar-refractivity contribution is 5.94. The molecule has 0 heterocycles. The Bertz CT molecular complexity index is 1410. The van der Waals surface area contributed by atoms with Crippen LogP contribution in [-0.4, -0.2) is 0 Å². The topological polar surface area (TPSA) is 0 Å². The van der Waals surface area contributed by atoms with Crippen molar-refractivity contribution in [3.63, 3.8) is 0 Å². The van der Waals surface area contributed by atoms with Gasteiger partial charge in [-0.05, 0) is 102 Å². The van der Waals surface area contributed by atoms with E-state index < -0.39 is 0 Å². The van der Waals surface area contributed by atoms with Crippen molar-refractivity contribution in [3.05, 3.63) is 129 Å². The third-order valence-corrected chi connectivity index (χ3v) is 7.44. The highest BCUT2D eigenvalue weighted by atomic mass is 14.3. The molecule has 0 heteroatoms. The van der Waals surface area contributed by atoms with Gasteiger partial charge in [-0.2, -0.15) is 0 Å². The molecule has 0 spiro atoms. The Morgan fingerprint density at radius 3 is 1.39 bits per heavy atom. The summed E-state index contributed by atoms with van der Waals surface area (Å²) in [6.45, 7) is 13.5. The number of aryl methyl sites for hydroxylation is 4. The molecule has 5 aromatic carbocycles. The molecule has 0 radical (unpaired) electrons. The van der Waals surface area contributed by atoms with Crippen LogP contribution >= 0.6 is 0 Å². The van der Waals surface area contributed by atoms with Crippen LogP contribution in [0.2, 0.25) is 0 Å². The molecule has 164 valence electrons. The van der Waals surface area contributed by atoms with Crippen molar-refractivity contribution in [2.75, 3.05) is 0 Å². The van der Waals surface area contributed by atoms with Crippen LogP contribution in [0.1, 0.15) is 56.0 Å². The molecule has 0 bridgehead atoms. The normalized spacial score (nSPS) is 11.6. The summed E-state index contributed by atoms with van der Waals surface area (Å²) >= 11 is 0. The van der Waals surface area contributed by atoms with E-state index in [-0.39, 0.29) is 5.92 Å². The maximum atomic E-state index is 2.35. The predicted octanol–water partition coefficient (Wildman–Crippen LogP) is 9.02. The Morgan fingerprint density at radius 1 is 0.485 bits per heavy atom. The SMILES string of the molecule is Cc1ccc2c(C(c3ccccc3)c3c(C)c(C)cc4cc(C)ccc34)c(C)c(C)cc2c1. The summed E-state index contributed by atoms with van der Waals surface area (Å²) in [5.74, 6) is 0.168. The smallest absolute Gasteiger partial charge is 0.0357 e. The minimum absolute atomic E-state index is 0.168. The van der Waals surface area contributed by atoms with Crippen molar-refractivity contribution in [2.24, 2.45) is 0 Å². The molecule has 0 aliphatic carbocycles. The molecule has 0 saturated heterocycles. The summed E-state index contributed by atoms with van der Waals surface area (Å²) < 4.78 is 0. The molecule has 0 saturated carbocycles. The van der Waals surface area contributed by atoms with Crippen LogP contribution in [-0.2, 0) is 0 Å². The minimum atomic E-state index is 0.168. The Labute approximate surface area is 197 Å². The first-order valence-corrected chi connectivity index (χ1v) is 11.9. The zero-order valence-corrected chi connectivity index (χ0v) is 20.6. The lowest BCUT2D eigenvalue weighted by molar-refractivity contribution is 0.964. The van der Waals surface area contributed by atoms with E-state index in [4.69, 9.17) is 0 Å². The molecule has 0 aliphatic heterocycles. The van der Waals surface area contributed by atoms with E-state index >= 15 is 0 Å². The van der Waals surface area contributed by atoms with Crippen molar-refractivity contribution in [2.45, 2.75) is 47.5 Å². The van der Waals surface area contributed by atoms with Crippen molar-refractivity contribution in [1.29, 1.82) is 0 Å². The van der Waals surface area contributed by atoms with E-state index in [2.05, 4.69) is 120 Å². The monoisotopic (exact) mass is 428 g/mol. The Hall–Kier alpha value is -3.38. The molecule has 5 rings (SSSR count). The van der Waals surface area contributed by atoms with Gasteiger partial charge in [-0.15, -0.1) is 0 Å². The molecule has 0 aliphatic rings. The van der Waals surface area contributed by atoms with Gasteiger partial charge in [0, 0.05) is 5.92 Å². The van der Waals surface area contributed by atoms with E-state index in [0.29, 0.717) is 0 Å². The average molecular weight is 429 g/mol. The van der Waals surface area contributed by atoms with Crippen LogP contribution in [0.3, 0.4) is 0 Å². The molecular formula is C33H32. The summed E-state index contributed by atoms with van der Waals surface area (Å²) in [7, 11) is 0. The highest BCUT2D eigenvalue weighted by Gasteiger charge is 2.26. The van der Waals surface area contributed by atoms with Gasteiger partial charge in [0.2, 0.25) is 0 Å². The van der Waals surface area contributed by atoms with Gasteiger partial charge in [0.05, 0.1) is 0 Å². The standard InChI is InChI=1S/C33H32/c1-20-12-14-29-27(16-20)18-22(3)24(5)31(29)33(26-10-8-7-9-11-26)32-25(6)23(4)19-28-17-21(2)13-15-30(28)32/h7-19,33H,1-6H3. The van der Waals surface area contributed by atoms with E-state index in [9.17, 15) is 0 Å². The van der Waals surface area contributed by atoms with E-state index in [0.717, 1.165) is 0 Å². The van der Waals surface area contributed by atoms with Crippen molar-refractivity contribution < 1.29 is 0 Å². The Balaban J connectivity index is 1.97. The second-order valence-corrected chi connectivity index (χ2v) is 9.76. The van der Waals surface area contributed by atoms with Gasteiger partial charge in [0.15, 0.2) is 0 Å². The van der Waals surface area contributed by atoms with Crippen LogP contribution in [0.5, 0.6) is 0 Å². The molecule has 0 fully saturated rings. The number of fused-ring (bicyclic) bond motifs is 2. The summed E-state index contributed by atoms with van der Waals surface area (Å²) in [5, 5.41) is 5.39. The lowest BCUT2D eigenvalue weighted by Crippen LogP contribution is -2.10. The molecular weight excluding hydrogens is 396 g/mol. The molecule has 0 nitrogen and oxygen atoms in total. The minimum Gasteiger partial charge on any atom is -0.0622 e. The van der Waals surface area contributed by atoms with Crippen LogP contribution in [0.25, 0.3) is 21.5 Å². The van der Waals surface area contributed by atoms with Crippen LogP contribution < -0.4 is 0 Å². The van der Waals surface area contributed by atoms with Crippen molar-refractivity contribution >= 4 is 21.5 Å². The third-order valence-electron chi connectivity index (χ3n) is 7.44. The summed E-state index contributed by atoms with van der Waals surface area (Å²) in [4.78, 5) is 0. The van der Waals surface area contributed by atoms with E-state index in [1.54, 1.807) is 0 Å². The van der Waals surface area contributed by atoms with Gasteiger partial charge in [-0.1, -0.05) is 90.0 Å². The zero-order chi connectivity index (χ0) is 23.3. The second-order valence-electron chi connectivity index (χ2n) is 9.76. The van der Waals surface area contributed by atoms with Crippen LogP contribution in [0.15, 0.2) is 78.9 Å².